The Bertz CT molecular complexity index is 599. The highest BCUT2D eigenvalue weighted by Crippen LogP contribution is 2.21. The molecular formula is C16H14BrNO. The SMILES string of the molecule is NCc1cc(OCC#Cc2ccccc2)ccc1Br. The summed E-state index contributed by atoms with van der Waals surface area (Å²) in [6, 6.07) is 15.6. The summed E-state index contributed by atoms with van der Waals surface area (Å²) in [4.78, 5) is 0. The zero-order valence-corrected chi connectivity index (χ0v) is 12.0. The number of halogens is 1. The van der Waals surface area contributed by atoms with E-state index in [1.165, 1.54) is 0 Å². The molecule has 0 spiro atoms. The molecule has 96 valence electrons. The van der Waals surface area contributed by atoms with E-state index in [4.69, 9.17) is 10.5 Å². The van der Waals surface area contributed by atoms with Gasteiger partial charge in [0.2, 0.25) is 0 Å². The fourth-order valence-corrected chi connectivity index (χ4v) is 1.98. The van der Waals surface area contributed by atoms with Crippen molar-refractivity contribution in [3.8, 4) is 17.6 Å². The standard InChI is InChI=1S/C16H14BrNO/c17-16-9-8-15(11-14(16)12-18)19-10-4-7-13-5-2-1-3-6-13/h1-3,5-6,8-9,11H,10,12,18H2. The molecule has 0 aliphatic carbocycles. The predicted molar refractivity (Wildman–Crippen MR) is 80.8 cm³/mol. The number of ether oxygens (including phenoxy) is 1. The summed E-state index contributed by atoms with van der Waals surface area (Å²) < 4.78 is 6.57. The first-order valence-electron chi connectivity index (χ1n) is 5.95. The fraction of sp³-hybridized carbons (Fsp3) is 0.125. The zero-order chi connectivity index (χ0) is 13.5. The van der Waals surface area contributed by atoms with Crippen molar-refractivity contribution in [2.24, 2.45) is 5.73 Å². The van der Waals surface area contributed by atoms with E-state index in [2.05, 4.69) is 27.8 Å². The van der Waals surface area contributed by atoms with E-state index in [1.54, 1.807) is 0 Å². The van der Waals surface area contributed by atoms with Gasteiger partial charge in [-0.3, -0.25) is 0 Å². The molecule has 0 saturated carbocycles. The average Bonchev–Trinajstić information content (AvgIpc) is 2.46. The van der Waals surface area contributed by atoms with Crippen molar-refractivity contribution in [2.45, 2.75) is 6.54 Å². The summed E-state index contributed by atoms with van der Waals surface area (Å²) in [7, 11) is 0. The van der Waals surface area contributed by atoms with Crippen molar-refractivity contribution in [3.05, 3.63) is 64.1 Å². The van der Waals surface area contributed by atoms with E-state index in [9.17, 15) is 0 Å². The minimum atomic E-state index is 0.362. The molecule has 2 N–H and O–H groups in total. The lowest BCUT2D eigenvalue weighted by Gasteiger charge is -2.05. The molecular weight excluding hydrogens is 302 g/mol. The summed E-state index contributed by atoms with van der Waals surface area (Å²) >= 11 is 3.44. The Morgan fingerprint density at radius 2 is 1.89 bits per heavy atom. The molecule has 19 heavy (non-hydrogen) atoms. The van der Waals surface area contributed by atoms with Gasteiger partial charge in [0.15, 0.2) is 0 Å². The maximum absolute atomic E-state index is 5.64. The van der Waals surface area contributed by atoms with Crippen molar-refractivity contribution in [3.63, 3.8) is 0 Å². The van der Waals surface area contributed by atoms with Crippen LogP contribution < -0.4 is 10.5 Å². The molecule has 0 fully saturated rings. The molecule has 0 aliphatic heterocycles. The van der Waals surface area contributed by atoms with Gasteiger partial charge >= 0.3 is 0 Å². The number of hydrogen-bond acceptors (Lipinski definition) is 2. The van der Waals surface area contributed by atoms with Gasteiger partial charge in [0.1, 0.15) is 12.4 Å². The van der Waals surface area contributed by atoms with E-state index in [0.717, 1.165) is 21.3 Å². The Kier molecular flexibility index (Phi) is 5.02. The van der Waals surface area contributed by atoms with Crippen molar-refractivity contribution >= 4 is 15.9 Å². The third-order valence-electron chi connectivity index (χ3n) is 2.55. The van der Waals surface area contributed by atoms with Gasteiger partial charge in [-0.2, -0.15) is 0 Å². The maximum atomic E-state index is 5.64. The Hall–Kier alpha value is -1.76. The fourth-order valence-electron chi connectivity index (χ4n) is 1.58. The molecule has 0 aliphatic rings. The Labute approximate surface area is 121 Å². The first-order chi connectivity index (χ1) is 9.29. The smallest absolute Gasteiger partial charge is 0.149 e. The van der Waals surface area contributed by atoms with Crippen molar-refractivity contribution in [1.82, 2.24) is 0 Å². The van der Waals surface area contributed by atoms with Crippen LogP contribution >= 0.6 is 15.9 Å². The van der Waals surface area contributed by atoms with Gasteiger partial charge in [-0.15, -0.1) is 0 Å². The maximum Gasteiger partial charge on any atom is 0.149 e. The highest BCUT2D eigenvalue weighted by atomic mass is 79.9. The van der Waals surface area contributed by atoms with E-state index >= 15 is 0 Å². The second kappa shape index (κ2) is 6.98. The van der Waals surface area contributed by atoms with Crippen LogP contribution in [0.25, 0.3) is 0 Å². The van der Waals surface area contributed by atoms with Crippen LogP contribution in [0.1, 0.15) is 11.1 Å². The number of rotatable bonds is 3. The lowest BCUT2D eigenvalue weighted by Crippen LogP contribution is -1.99. The first kappa shape index (κ1) is 13.7. The lowest BCUT2D eigenvalue weighted by molar-refractivity contribution is 0.370. The molecule has 2 aromatic carbocycles. The Morgan fingerprint density at radius 1 is 1.11 bits per heavy atom. The summed E-state index contributed by atoms with van der Waals surface area (Å²) in [6.07, 6.45) is 0. The summed E-state index contributed by atoms with van der Waals surface area (Å²) in [5, 5.41) is 0. The molecule has 2 rings (SSSR count). The Balaban J connectivity index is 1.95. The second-order valence-corrected chi connectivity index (χ2v) is 4.77. The summed E-state index contributed by atoms with van der Waals surface area (Å²) in [5.41, 5.74) is 7.65. The highest BCUT2D eigenvalue weighted by molar-refractivity contribution is 9.10. The average molecular weight is 316 g/mol. The van der Waals surface area contributed by atoms with E-state index < -0.39 is 0 Å². The zero-order valence-electron chi connectivity index (χ0n) is 10.4. The van der Waals surface area contributed by atoms with E-state index in [1.807, 2.05) is 48.5 Å². The van der Waals surface area contributed by atoms with Crippen LogP contribution in [0.5, 0.6) is 5.75 Å². The normalized spacial score (nSPS) is 9.58. The van der Waals surface area contributed by atoms with Crippen LogP contribution in [0.3, 0.4) is 0 Å². The van der Waals surface area contributed by atoms with E-state index in [0.29, 0.717) is 13.2 Å². The molecule has 0 bridgehead atoms. The highest BCUT2D eigenvalue weighted by Gasteiger charge is 1.99. The van der Waals surface area contributed by atoms with Crippen LogP contribution in [-0.4, -0.2) is 6.61 Å². The van der Waals surface area contributed by atoms with Crippen LogP contribution in [-0.2, 0) is 6.54 Å². The molecule has 0 aromatic heterocycles. The predicted octanol–water partition coefficient (Wildman–Crippen LogP) is 3.34. The summed E-state index contributed by atoms with van der Waals surface area (Å²) in [5.74, 6) is 6.82. The van der Waals surface area contributed by atoms with Crippen LogP contribution in [0.2, 0.25) is 0 Å². The van der Waals surface area contributed by atoms with Crippen LogP contribution in [0.15, 0.2) is 53.0 Å². The molecule has 3 heteroatoms. The molecule has 0 atom stereocenters. The third kappa shape index (κ3) is 4.13. The van der Waals surface area contributed by atoms with Gasteiger partial charge in [-0.25, -0.2) is 0 Å². The van der Waals surface area contributed by atoms with E-state index in [-0.39, 0.29) is 0 Å². The van der Waals surface area contributed by atoms with Crippen molar-refractivity contribution in [1.29, 1.82) is 0 Å². The molecule has 0 amide bonds. The molecule has 0 saturated heterocycles. The van der Waals surface area contributed by atoms with Crippen molar-refractivity contribution in [2.75, 3.05) is 6.61 Å². The van der Waals surface area contributed by atoms with Gasteiger partial charge in [0.25, 0.3) is 0 Å². The second-order valence-electron chi connectivity index (χ2n) is 3.91. The Morgan fingerprint density at radius 3 is 2.63 bits per heavy atom. The first-order valence-corrected chi connectivity index (χ1v) is 6.74. The minimum Gasteiger partial charge on any atom is -0.481 e. The third-order valence-corrected chi connectivity index (χ3v) is 3.33. The van der Waals surface area contributed by atoms with Gasteiger partial charge in [0.05, 0.1) is 0 Å². The monoisotopic (exact) mass is 315 g/mol. The van der Waals surface area contributed by atoms with Gasteiger partial charge in [0, 0.05) is 16.6 Å². The van der Waals surface area contributed by atoms with Crippen LogP contribution in [0, 0.1) is 11.8 Å². The molecule has 0 radical (unpaired) electrons. The summed E-state index contributed by atoms with van der Waals surface area (Å²) in [6.45, 7) is 0.841. The number of hydrogen-bond donors (Lipinski definition) is 1. The number of benzene rings is 2. The minimum absolute atomic E-state index is 0.362. The molecule has 0 heterocycles. The quantitative estimate of drug-likeness (QED) is 0.882. The van der Waals surface area contributed by atoms with Gasteiger partial charge in [-0.1, -0.05) is 46.0 Å². The topological polar surface area (TPSA) is 35.2 Å². The molecule has 2 aromatic rings. The largest absolute Gasteiger partial charge is 0.481 e. The van der Waals surface area contributed by atoms with Gasteiger partial charge in [-0.05, 0) is 35.9 Å². The van der Waals surface area contributed by atoms with Gasteiger partial charge < -0.3 is 10.5 Å². The molecule has 2 nitrogen and oxygen atoms in total. The number of nitrogens with two attached hydrogens (primary N) is 1. The van der Waals surface area contributed by atoms with Crippen LogP contribution in [0.4, 0.5) is 0 Å². The lowest BCUT2D eigenvalue weighted by atomic mass is 10.2. The van der Waals surface area contributed by atoms with Crippen molar-refractivity contribution < 1.29 is 4.74 Å². The molecule has 0 unspecified atom stereocenters.